The minimum atomic E-state index is -0.198. The predicted molar refractivity (Wildman–Crippen MR) is 92.1 cm³/mol. The van der Waals surface area contributed by atoms with Gasteiger partial charge in [-0.15, -0.1) is 0 Å². The van der Waals surface area contributed by atoms with E-state index in [0.29, 0.717) is 13.0 Å². The Morgan fingerprint density at radius 2 is 2.09 bits per heavy atom. The third-order valence-electron chi connectivity index (χ3n) is 4.75. The number of ether oxygens (including phenoxy) is 1. The first-order valence-corrected chi connectivity index (χ1v) is 8.24. The van der Waals surface area contributed by atoms with Gasteiger partial charge in [0.25, 0.3) is 0 Å². The summed E-state index contributed by atoms with van der Waals surface area (Å²) in [5, 5.41) is 2.46. The van der Waals surface area contributed by atoms with Crippen LogP contribution >= 0.6 is 0 Å². The van der Waals surface area contributed by atoms with Gasteiger partial charge in [0.15, 0.2) is 0 Å². The van der Waals surface area contributed by atoms with E-state index in [2.05, 4.69) is 36.4 Å². The van der Waals surface area contributed by atoms with Gasteiger partial charge in [-0.1, -0.05) is 42.5 Å². The van der Waals surface area contributed by atoms with Crippen LogP contribution in [0.1, 0.15) is 30.9 Å². The first kappa shape index (κ1) is 16.0. The molecule has 3 rings (SSSR count). The number of rotatable bonds is 5. The Bertz CT molecular complexity index is 677. The van der Waals surface area contributed by atoms with Crippen molar-refractivity contribution in [2.45, 2.75) is 31.4 Å². The first-order valence-electron chi connectivity index (χ1n) is 8.24. The van der Waals surface area contributed by atoms with Crippen molar-refractivity contribution >= 4 is 16.7 Å². The summed E-state index contributed by atoms with van der Waals surface area (Å²) in [5.74, 6) is 0.137. The highest BCUT2D eigenvalue weighted by molar-refractivity contribution is 5.87. The van der Waals surface area contributed by atoms with E-state index in [-0.39, 0.29) is 18.1 Å². The normalized spacial score (nSPS) is 19.2. The molecule has 1 saturated heterocycles. The number of benzene rings is 2. The zero-order valence-corrected chi connectivity index (χ0v) is 13.6. The monoisotopic (exact) mass is 312 g/mol. The van der Waals surface area contributed by atoms with Crippen LogP contribution in [0.2, 0.25) is 0 Å². The Hall–Kier alpha value is -1.91. The molecule has 0 radical (unpaired) electrons. The van der Waals surface area contributed by atoms with E-state index < -0.39 is 0 Å². The van der Waals surface area contributed by atoms with Gasteiger partial charge >= 0.3 is 0 Å². The van der Waals surface area contributed by atoms with Gasteiger partial charge in [0, 0.05) is 20.2 Å². The van der Waals surface area contributed by atoms with Crippen molar-refractivity contribution in [1.29, 1.82) is 0 Å². The van der Waals surface area contributed by atoms with Crippen molar-refractivity contribution < 1.29 is 9.53 Å². The van der Waals surface area contributed by atoms with Crippen LogP contribution in [0.4, 0.5) is 0 Å². The molecule has 4 heteroatoms. The molecule has 0 saturated carbocycles. The molecule has 2 aromatic rings. The molecule has 4 nitrogen and oxygen atoms in total. The molecule has 0 bridgehead atoms. The van der Waals surface area contributed by atoms with Gasteiger partial charge < -0.3 is 15.4 Å². The van der Waals surface area contributed by atoms with E-state index in [9.17, 15) is 4.79 Å². The number of methoxy groups -OCH3 is 1. The summed E-state index contributed by atoms with van der Waals surface area (Å²) >= 11 is 0. The first-order chi connectivity index (χ1) is 11.2. The molecule has 0 aliphatic carbocycles. The van der Waals surface area contributed by atoms with Crippen LogP contribution < -0.4 is 5.73 Å². The summed E-state index contributed by atoms with van der Waals surface area (Å²) in [7, 11) is 1.61. The molecule has 1 aliphatic rings. The van der Waals surface area contributed by atoms with E-state index in [1.807, 2.05) is 11.0 Å². The standard InChI is InChI=1S/C19H24N2O2/c1-23-15(13-20)12-19(22)21-11-5-10-18(21)17-9-4-7-14-6-2-3-8-16(14)17/h2-4,6-9,15,18H,5,10-13,20H2,1H3. The molecule has 2 unspecified atom stereocenters. The van der Waals surface area contributed by atoms with Crippen LogP contribution in [0, 0.1) is 0 Å². The fraction of sp³-hybridized carbons (Fsp3) is 0.421. The fourth-order valence-corrected chi connectivity index (χ4v) is 3.50. The largest absolute Gasteiger partial charge is 0.380 e. The second-order valence-corrected chi connectivity index (χ2v) is 6.11. The maximum absolute atomic E-state index is 12.7. The minimum absolute atomic E-state index is 0.137. The Balaban J connectivity index is 1.87. The summed E-state index contributed by atoms with van der Waals surface area (Å²) in [5.41, 5.74) is 6.90. The van der Waals surface area contributed by atoms with E-state index >= 15 is 0 Å². The summed E-state index contributed by atoms with van der Waals surface area (Å²) in [6.45, 7) is 1.18. The molecule has 2 aromatic carbocycles. The molecule has 1 fully saturated rings. The number of nitrogens with zero attached hydrogens (tertiary/aromatic N) is 1. The lowest BCUT2D eigenvalue weighted by Gasteiger charge is -2.27. The molecule has 23 heavy (non-hydrogen) atoms. The van der Waals surface area contributed by atoms with Crippen LogP contribution in [0.3, 0.4) is 0 Å². The summed E-state index contributed by atoms with van der Waals surface area (Å²) in [6, 6.07) is 14.9. The molecular formula is C19H24N2O2. The van der Waals surface area contributed by atoms with Crippen molar-refractivity contribution in [2.24, 2.45) is 5.73 Å². The summed E-state index contributed by atoms with van der Waals surface area (Å²) in [6.07, 6.45) is 2.21. The topological polar surface area (TPSA) is 55.6 Å². The number of amides is 1. The SMILES string of the molecule is COC(CN)CC(=O)N1CCCC1c1cccc2ccccc12. The van der Waals surface area contributed by atoms with Gasteiger partial charge in [-0.25, -0.2) is 0 Å². The number of carbonyl (C=O) groups excluding carboxylic acids is 1. The average Bonchev–Trinajstić information content (AvgIpc) is 3.08. The van der Waals surface area contributed by atoms with Gasteiger partial charge in [-0.2, -0.15) is 0 Å². The molecule has 122 valence electrons. The van der Waals surface area contributed by atoms with E-state index in [4.69, 9.17) is 10.5 Å². The quantitative estimate of drug-likeness (QED) is 0.923. The minimum Gasteiger partial charge on any atom is -0.380 e. The number of hydrogen-bond acceptors (Lipinski definition) is 3. The van der Waals surface area contributed by atoms with E-state index in [1.165, 1.54) is 16.3 Å². The molecule has 1 amide bonds. The van der Waals surface area contributed by atoms with Crippen LogP contribution in [-0.4, -0.2) is 37.1 Å². The number of likely N-dealkylation sites (tertiary alicyclic amines) is 1. The Morgan fingerprint density at radius 1 is 1.30 bits per heavy atom. The van der Waals surface area contributed by atoms with Gasteiger partial charge in [0.1, 0.15) is 0 Å². The van der Waals surface area contributed by atoms with E-state index in [0.717, 1.165) is 19.4 Å². The number of carbonyl (C=O) groups is 1. The van der Waals surface area contributed by atoms with Gasteiger partial charge in [-0.05, 0) is 29.2 Å². The molecule has 2 N–H and O–H groups in total. The van der Waals surface area contributed by atoms with Crippen LogP contribution in [0.5, 0.6) is 0 Å². The van der Waals surface area contributed by atoms with Crippen molar-refractivity contribution in [3.8, 4) is 0 Å². The number of nitrogens with two attached hydrogens (primary N) is 1. The fourth-order valence-electron chi connectivity index (χ4n) is 3.50. The Kier molecular flexibility index (Phi) is 4.94. The maximum Gasteiger partial charge on any atom is 0.225 e. The van der Waals surface area contributed by atoms with Gasteiger partial charge in [0.2, 0.25) is 5.91 Å². The van der Waals surface area contributed by atoms with Crippen molar-refractivity contribution in [2.75, 3.05) is 20.2 Å². The zero-order chi connectivity index (χ0) is 16.2. The molecule has 1 heterocycles. The highest BCUT2D eigenvalue weighted by Gasteiger charge is 2.31. The zero-order valence-electron chi connectivity index (χ0n) is 13.6. The highest BCUT2D eigenvalue weighted by Crippen LogP contribution is 2.36. The van der Waals surface area contributed by atoms with Crippen molar-refractivity contribution in [1.82, 2.24) is 4.90 Å². The van der Waals surface area contributed by atoms with Crippen LogP contribution in [0.15, 0.2) is 42.5 Å². The smallest absolute Gasteiger partial charge is 0.225 e. The molecule has 0 spiro atoms. The third kappa shape index (κ3) is 3.23. The molecule has 0 aromatic heterocycles. The van der Waals surface area contributed by atoms with Gasteiger partial charge in [0.05, 0.1) is 18.6 Å². The lowest BCUT2D eigenvalue weighted by molar-refractivity contribution is -0.134. The number of fused-ring (bicyclic) bond motifs is 1. The number of hydrogen-bond donors (Lipinski definition) is 1. The summed E-state index contributed by atoms with van der Waals surface area (Å²) < 4.78 is 5.27. The highest BCUT2D eigenvalue weighted by atomic mass is 16.5. The molecule has 1 aliphatic heterocycles. The van der Waals surface area contributed by atoms with Crippen LogP contribution in [-0.2, 0) is 9.53 Å². The average molecular weight is 312 g/mol. The molecule has 2 atom stereocenters. The lowest BCUT2D eigenvalue weighted by atomic mass is 9.97. The molecular weight excluding hydrogens is 288 g/mol. The predicted octanol–water partition coefficient (Wildman–Crippen LogP) is 2.87. The summed E-state index contributed by atoms with van der Waals surface area (Å²) in [4.78, 5) is 14.7. The third-order valence-corrected chi connectivity index (χ3v) is 4.75. The second kappa shape index (κ2) is 7.11. The Labute approximate surface area is 137 Å². The maximum atomic E-state index is 12.7. The second-order valence-electron chi connectivity index (χ2n) is 6.11. The van der Waals surface area contributed by atoms with E-state index in [1.54, 1.807) is 7.11 Å². The van der Waals surface area contributed by atoms with Crippen molar-refractivity contribution in [3.63, 3.8) is 0 Å². The van der Waals surface area contributed by atoms with Gasteiger partial charge in [-0.3, -0.25) is 4.79 Å². The van der Waals surface area contributed by atoms with Crippen molar-refractivity contribution in [3.05, 3.63) is 48.0 Å². The van der Waals surface area contributed by atoms with Crippen LogP contribution in [0.25, 0.3) is 10.8 Å². The Morgan fingerprint density at radius 3 is 2.87 bits per heavy atom. The lowest BCUT2D eigenvalue weighted by Crippen LogP contribution is -2.35.